The Hall–Kier alpha value is -3.30. The number of nitriles is 1. The van der Waals surface area contributed by atoms with Crippen LogP contribution in [0.3, 0.4) is 0 Å². The third kappa shape index (κ3) is 4.62. The van der Waals surface area contributed by atoms with E-state index in [1.54, 1.807) is 18.2 Å². The maximum Gasteiger partial charge on any atom is 0.224 e. The molecule has 2 aromatic rings. The van der Waals surface area contributed by atoms with Crippen molar-refractivity contribution in [3.8, 4) is 17.6 Å². The van der Waals surface area contributed by atoms with Gasteiger partial charge in [0.2, 0.25) is 5.78 Å². The summed E-state index contributed by atoms with van der Waals surface area (Å²) in [6, 6.07) is 10.8. The lowest BCUT2D eigenvalue weighted by molar-refractivity contribution is -0.132. The summed E-state index contributed by atoms with van der Waals surface area (Å²) in [4.78, 5) is 22.4. The van der Waals surface area contributed by atoms with Crippen molar-refractivity contribution in [3.05, 3.63) is 64.2 Å². The van der Waals surface area contributed by atoms with E-state index in [1.807, 2.05) is 6.07 Å². The number of hydrogen-bond donors (Lipinski definition) is 2. The van der Waals surface area contributed by atoms with Crippen molar-refractivity contribution >= 4 is 28.9 Å². The number of aromatic hydroxyl groups is 1. The van der Waals surface area contributed by atoms with Gasteiger partial charge in [0.25, 0.3) is 0 Å². The van der Waals surface area contributed by atoms with Gasteiger partial charge in [0.15, 0.2) is 5.78 Å². The first kappa shape index (κ1) is 19.0. The van der Waals surface area contributed by atoms with Crippen LogP contribution in [0.4, 0.5) is 0 Å². The van der Waals surface area contributed by atoms with Gasteiger partial charge in [0.1, 0.15) is 23.9 Å². The predicted octanol–water partition coefficient (Wildman–Crippen LogP) is 3.55. The summed E-state index contributed by atoms with van der Waals surface area (Å²) in [6.45, 7) is 1.04. The predicted molar refractivity (Wildman–Crippen MR) is 94.9 cm³/mol. The normalized spacial score (nSPS) is 10.9. The van der Waals surface area contributed by atoms with E-state index in [0.717, 1.165) is 13.0 Å². The van der Waals surface area contributed by atoms with Crippen molar-refractivity contribution in [3.63, 3.8) is 0 Å². The minimum Gasteiger partial charge on any atom is -0.508 e. The van der Waals surface area contributed by atoms with Gasteiger partial charge < -0.3 is 14.9 Å². The van der Waals surface area contributed by atoms with Crippen LogP contribution in [-0.4, -0.2) is 21.8 Å². The molecule has 0 aromatic heterocycles. The summed E-state index contributed by atoms with van der Waals surface area (Å²) >= 11 is 6.08. The summed E-state index contributed by atoms with van der Waals surface area (Å²) in [7, 11) is 0. The topological polar surface area (TPSA) is 108 Å². The van der Waals surface area contributed by atoms with Gasteiger partial charge in [-0.15, -0.1) is 0 Å². The molecule has 0 atom stereocenters. The molecule has 0 saturated carbocycles. The highest BCUT2D eigenvalue weighted by molar-refractivity contribution is 6.41. The molecule has 26 heavy (non-hydrogen) atoms. The van der Waals surface area contributed by atoms with E-state index in [1.165, 1.54) is 18.2 Å². The second-order valence-electron chi connectivity index (χ2n) is 5.33. The van der Waals surface area contributed by atoms with Crippen LogP contribution in [0.2, 0.25) is 5.02 Å². The first-order valence-corrected chi connectivity index (χ1v) is 7.80. The fourth-order valence-corrected chi connectivity index (χ4v) is 2.32. The van der Waals surface area contributed by atoms with Gasteiger partial charge in [-0.05, 0) is 24.3 Å². The molecular formula is C19H14ClNO5. The molecule has 132 valence electrons. The van der Waals surface area contributed by atoms with Crippen molar-refractivity contribution in [1.29, 1.82) is 5.26 Å². The first-order chi connectivity index (χ1) is 12.3. The molecule has 0 saturated heterocycles. The van der Waals surface area contributed by atoms with Crippen LogP contribution in [0.25, 0.3) is 5.76 Å². The van der Waals surface area contributed by atoms with Gasteiger partial charge >= 0.3 is 0 Å². The summed E-state index contributed by atoms with van der Waals surface area (Å²) in [5.41, 5.74) is 0.926. The van der Waals surface area contributed by atoms with Crippen molar-refractivity contribution in [2.75, 3.05) is 0 Å². The summed E-state index contributed by atoms with van der Waals surface area (Å²) < 4.78 is 5.55. The molecule has 0 amide bonds. The van der Waals surface area contributed by atoms with Crippen molar-refractivity contribution in [1.82, 2.24) is 0 Å². The first-order valence-electron chi connectivity index (χ1n) is 7.42. The molecular weight excluding hydrogens is 358 g/mol. The van der Waals surface area contributed by atoms with Crippen LogP contribution in [0, 0.1) is 11.3 Å². The van der Waals surface area contributed by atoms with Gasteiger partial charge in [-0.3, -0.25) is 9.59 Å². The number of hydrogen-bond acceptors (Lipinski definition) is 6. The Morgan fingerprint density at radius 1 is 1.31 bits per heavy atom. The monoisotopic (exact) mass is 371 g/mol. The highest BCUT2D eigenvalue weighted by atomic mass is 35.5. The van der Waals surface area contributed by atoms with E-state index < -0.39 is 17.3 Å². The quantitative estimate of drug-likeness (QED) is 0.456. The molecule has 0 radical (unpaired) electrons. The lowest BCUT2D eigenvalue weighted by Gasteiger charge is -2.11. The summed E-state index contributed by atoms with van der Waals surface area (Å²) in [6.07, 6.45) is 0.767. The number of nitrogens with zero attached hydrogens (tertiary/aromatic N) is 1. The van der Waals surface area contributed by atoms with Gasteiger partial charge in [0, 0.05) is 35.2 Å². The summed E-state index contributed by atoms with van der Waals surface area (Å²) in [5, 5.41) is 29.2. The number of Topliss-reactive ketones (excluding diaryl/α,β-unsaturated/α-hetero) is 1. The molecule has 0 aliphatic rings. The zero-order chi connectivity index (χ0) is 19.3. The third-order valence-electron chi connectivity index (χ3n) is 3.42. The number of allylic oxidation sites excluding steroid dienone is 1. The Bertz CT molecular complexity index is 943. The maximum absolute atomic E-state index is 11.4. The molecule has 2 rings (SSSR count). The van der Waals surface area contributed by atoms with Crippen LogP contribution in [0.15, 0.2) is 42.5 Å². The molecule has 0 aliphatic heterocycles. The van der Waals surface area contributed by atoms with Crippen LogP contribution < -0.4 is 4.74 Å². The molecule has 2 N–H and O–H groups in total. The molecule has 0 fully saturated rings. The van der Waals surface area contributed by atoms with Crippen molar-refractivity contribution < 1.29 is 24.5 Å². The highest BCUT2D eigenvalue weighted by Gasteiger charge is 2.12. The number of benzene rings is 2. The number of aliphatic hydroxyl groups excluding tert-OH is 1. The summed E-state index contributed by atoms with van der Waals surface area (Å²) in [5.74, 6) is -2.12. The van der Waals surface area contributed by atoms with Gasteiger partial charge in [-0.2, -0.15) is 5.26 Å². The zero-order valence-electron chi connectivity index (χ0n) is 13.7. The van der Waals surface area contributed by atoms with Crippen molar-refractivity contribution in [2.24, 2.45) is 0 Å². The molecule has 0 heterocycles. The SMILES string of the molecule is CC(=O)C(=O)/C=C(\O)c1cc(O)cc(OCc2c(Cl)cccc2C#N)c1. The van der Waals surface area contributed by atoms with Crippen LogP contribution in [0.1, 0.15) is 23.6 Å². The van der Waals surface area contributed by atoms with E-state index in [-0.39, 0.29) is 23.7 Å². The van der Waals surface area contributed by atoms with Crippen LogP contribution >= 0.6 is 11.6 Å². The second kappa shape index (κ2) is 8.19. The fraction of sp³-hybridized carbons (Fsp3) is 0.105. The van der Waals surface area contributed by atoms with Crippen molar-refractivity contribution in [2.45, 2.75) is 13.5 Å². The number of ketones is 2. The maximum atomic E-state index is 11.4. The largest absolute Gasteiger partial charge is 0.508 e. The Balaban J connectivity index is 2.27. The van der Waals surface area contributed by atoms with E-state index in [2.05, 4.69) is 0 Å². The fourth-order valence-electron chi connectivity index (χ4n) is 2.09. The molecule has 2 aromatic carbocycles. The Morgan fingerprint density at radius 2 is 2.04 bits per heavy atom. The molecule has 7 heteroatoms. The lowest BCUT2D eigenvalue weighted by Crippen LogP contribution is -2.06. The molecule has 0 unspecified atom stereocenters. The average molecular weight is 372 g/mol. The minimum absolute atomic E-state index is 0.0394. The average Bonchev–Trinajstić information content (AvgIpc) is 2.59. The number of carbonyl (C=O) groups excluding carboxylic acids is 2. The molecule has 0 spiro atoms. The molecule has 0 bridgehead atoms. The van der Waals surface area contributed by atoms with E-state index >= 15 is 0 Å². The van der Waals surface area contributed by atoms with E-state index in [0.29, 0.717) is 16.1 Å². The molecule has 0 aliphatic carbocycles. The number of halogens is 1. The number of phenols is 1. The Labute approximate surface area is 154 Å². The Kier molecular flexibility index (Phi) is 5.99. The van der Waals surface area contributed by atoms with Gasteiger partial charge in [-0.1, -0.05) is 17.7 Å². The smallest absolute Gasteiger partial charge is 0.224 e. The number of ether oxygens (including phenoxy) is 1. The number of rotatable bonds is 6. The zero-order valence-corrected chi connectivity index (χ0v) is 14.4. The standard InChI is InChI=1S/C19H14ClNO5/c1-11(22)18(24)8-19(25)13-5-14(23)7-15(6-13)26-10-16-12(9-21)3-2-4-17(16)20/h2-8,23,25H,10H2,1H3/b19-8-. The van der Waals surface area contributed by atoms with Gasteiger partial charge in [0.05, 0.1) is 11.6 Å². The number of carbonyl (C=O) groups is 2. The minimum atomic E-state index is -0.872. The van der Waals surface area contributed by atoms with Crippen LogP contribution in [0.5, 0.6) is 11.5 Å². The molecule has 6 nitrogen and oxygen atoms in total. The second-order valence-corrected chi connectivity index (χ2v) is 5.74. The number of phenolic OH excluding ortho intramolecular Hbond substituents is 1. The lowest BCUT2D eigenvalue weighted by atomic mass is 10.1. The van der Waals surface area contributed by atoms with E-state index in [9.17, 15) is 19.8 Å². The highest BCUT2D eigenvalue weighted by Crippen LogP contribution is 2.27. The Morgan fingerprint density at radius 3 is 2.69 bits per heavy atom. The van der Waals surface area contributed by atoms with E-state index in [4.69, 9.17) is 21.6 Å². The number of aliphatic hydroxyl groups is 1. The van der Waals surface area contributed by atoms with Gasteiger partial charge in [-0.25, -0.2) is 0 Å². The third-order valence-corrected chi connectivity index (χ3v) is 3.78. The van der Waals surface area contributed by atoms with Crippen LogP contribution in [-0.2, 0) is 16.2 Å².